The third-order valence-corrected chi connectivity index (χ3v) is 4.72. The van der Waals surface area contributed by atoms with Gasteiger partial charge in [0.25, 0.3) is 5.91 Å². The number of carbonyl (C=O) groups excluding carboxylic acids is 2. The van der Waals surface area contributed by atoms with Gasteiger partial charge in [-0.15, -0.1) is 10.2 Å². The van der Waals surface area contributed by atoms with Gasteiger partial charge in [0, 0.05) is 11.5 Å². The molecular weight excluding hydrogens is 408 g/mol. The van der Waals surface area contributed by atoms with E-state index in [1.54, 1.807) is 22.8 Å². The first-order chi connectivity index (χ1) is 15.6. The summed E-state index contributed by atoms with van der Waals surface area (Å²) in [6.45, 7) is 0.114. The molecule has 2 amide bonds. The Labute approximate surface area is 183 Å². The van der Waals surface area contributed by atoms with Gasteiger partial charge >= 0.3 is 0 Å². The summed E-state index contributed by atoms with van der Waals surface area (Å²) in [7, 11) is 0. The Hall–Kier alpha value is -4.46. The molecule has 32 heavy (non-hydrogen) atoms. The Morgan fingerprint density at radius 3 is 2.59 bits per heavy atom. The number of carbonyl (C=O) groups is 2. The fourth-order valence-electron chi connectivity index (χ4n) is 3.20. The van der Waals surface area contributed by atoms with Crippen LogP contribution in [0.4, 0.5) is 5.69 Å². The highest BCUT2D eigenvalue weighted by Crippen LogP contribution is 2.39. The Bertz CT molecular complexity index is 1290. The van der Waals surface area contributed by atoms with Crippen molar-refractivity contribution < 1.29 is 19.1 Å². The second-order valence-electron chi connectivity index (χ2n) is 6.92. The lowest BCUT2D eigenvalue weighted by Crippen LogP contribution is -2.26. The van der Waals surface area contributed by atoms with E-state index < -0.39 is 11.8 Å². The standard InChI is InChI=1S/C24H20N4O4/c29-21(13-12-18-9-6-14-32-18)25-15-22(30)26-27-23-19-10-4-5-11-20(19)28(24(23)31)16-17-7-2-1-3-8-17/h1-14,31H,15-16H2,(H,25,29). The van der Waals surface area contributed by atoms with E-state index in [2.05, 4.69) is 15.5 Å². The number of rotatable bonds is 7. The van der Waals surface area contributed by atoms with Crippen molar-refractivity contribution in [2.24, 2.45) is 10.2 Å². The summed E-state index contributed by atoms with van der Waals surface area (Å²) >= 11 is 0. The van der Waals surface area contributed by atoms with Gasteiger partial charge in [0.05, 0.1) is 18.3 Å². The van der Waals surface area contributed by atoms with E-state index in [0.29, 0.717) is 17.7 Å². The number of nitrogens with zero attached hydrogens (tertiary/aromatic N) is 3. The maximum atomic E-state index is 12.1. The Morgan fingerprint density at radius 1 is 1.03 bits per heavy atom. The van der Waals surface area contributed by atoms with Crippen LogP contribution in [0, 0.1) is 0 Å². The molecule has 0 radical (unpaired) electrons. The molecule has 2 N–H and O–H groups in total. The number of azo groups is 1. The van der Waals surface area contributed by atoms with Gasteiger partial charge in [-0.1, -0.05) is 48.5 Å². The molecule has 0 spiro atoms. The van der Waals surface area contributed by atoms with E-state index in [1.807, 2.05) is 48.5 Å². The van der Waals surface area contributed by atoms with Crippen LogP contribution in [0.5, 0.6) is 5.88 Å². The van der Waals surface area contributed by atoms with Gasteiger partial charge in [-0.25, -0.2) is 0 Å². The summed E-state index contributed by atoms with van der Waals surface area (Å²) in [6, 6.07) is 20.4. The first-order valence-corrected chi connectivity index (χ1v) is 9.90. The number of furan rings is 1. The molecule has 0 atom stereocenters. The number of benzene rings is 2. The van der Waals surface area contributed by atoms with Crippen LogP contribution < -0.4 is 5.32 Å². The van der Waals surface area contributed by atoms with Crippen molar-refractivity contribution in [3.05, 3.63) is 90.4 Å². The molecular formula is C24H20N4O4. The Morgan fingerprint density at radius 2 is 1.81 bits per heavy atom. The summed E-state index contributed by atoms with van der Waals surface area (Å²) in [5.74, 6) is -0.679. The Kier molecular flexibility index (Phi) is 6.22. The largest absolute Gasteiger partial charge is 0.493 e. The monoisotopic (exact) mass is 428 g/mol. The van der Waals surface area contributed by atoms with E-state index in [4.69, 9.17) is 4.42 Å². The van der Waals surface area contributed by atoms with Crippen LogP contribution >= 0.6 is 0 Å². The van der Waals surface area contributed by atoms with E-state index in [0.717, 1.165) is 11.1 Å². The number of aromatic hydroxyl groups is 1. The second-order valence-corrected chi connectivity index (χ2v) is 6.92. The van der Waals surface area contributed by atoms with Gasteiger partial charge in [0.1, 0.15) is 12.3 Å². The topological polar surface area (TPSA) is 109 Å². The molecule has 0 aliphatic carbocycles. The quantitative estimate of drug-likeness (QED) is 0.335. The average molecular weight is 428 g/mol. The van der Waals surface area contributed by atoms with Gasteiger partial charge in [0.2, 0.25) is 11.8 Å². The fraction of sp³-hybridized carbons (Fsp3) is 0.0833. The molecule has 4 aromatic rings. The van der Waals surface area contributed by atoms with Crippen molar-refractivity contribution in [3.8, 4) is 5.88 Å². The van der Waals surface area contributed by atoms with Crippen molar-refractivity contribution in [2.75, 3.05) is 6.54 Å². The van der Waals surface area contributed by atoms with Crippen molar-refractivity contribution in [1.82, 2.24) is 9.88 Å². The average Bonchev–Trinajstić information content (AvgIpc) is 3.43. The number of hydrogen-bond acceptors (Lipinski definition) is 5. The third-order valence-electron chi connectivity index (χ3n) is 4.72. The molecule has 160 valence electrons. The number of amides is 2. The van der Waals surface area contributed by atoms with Crippen molar-refractivity contribution in [3.63, 3.8) is 0 Å². The minimum Gasteiger partial charge on any atom is -0.493 e. The Balaban J connectivity index is 1.47. The van der Waals surface area contributed by atoms with Crippen LogP contribution in [-0.2, 0) is 16.1 Å². The predicted octanol–water partition coefficient (Wildman–Crippen LogP) is 4.43. The summed E-state index contributed by atoms with van der Waals surface area (Å²) in [4.78, 5) is 23.9. The molecule has 8 heteroatoms. The lowest BCUT2D eigenvalue weighted by atomic mass is 10.2. The number of aromatic nitrogens is 1. The van der Waals surface area contributed by atoms with Gasteiger partial charge in [-0.05, 0) is 29.8 Å². The summed E-state index contributed by atoms with van der Waals surface area (Å²) < 4.78 is 6.80. The van der Waals surface area contributed by atoms with E-state index in [-0.39, 0.29) is 18.1 Å². The summed E-state index contributed by atoms with van der Waals surface area (Å²) in [5.41, 5.74) is 1.98. The molecule has 0 bridgehead atoms. The molecule has 4 rings (SSSR count). The van der Waals surface area contributed by atoms with E-state index >= 15 is 0 Å². The molecule has 0 unspecified atom stereocenters. The zero-order valence-corrected chi connectivity index (χ0v) is 17.0. The van der Waals surface area contributed by atoms with Crippen LogP contribution in [0.2, 0.25) is 0 Å². The van der Waals surface area contributed by atoms with Crippen LogP contribution in [0.25, 0.3) is 17.0 Å². The number of nitrogens with one attached hydrogen (secondary N) is 1. The van der Waals surface area contributed by atoms with Gasteiger partial charge in [-0.2, -0.15) is 0 Å². The number of hydrogen-bond donors (Lipinski definition) is 2. The molecule has 2 heterocycles. The zero-order valence-electron chi connectivity index (χ0n) is 17.0. The maximum Gasteiger partial charge on any atom is 0.283 e. The van der Waals surface area contributed by atoms with Crippen LogP contribution in [0.15, 0.2) is 93.7 Å². The van der Waals surface area contributed by atoms with Gasteiger partial charge in [-0.3, -0.25) is 9.59 Å². The molecule has 0 saturated carbocycles. The maximum absolute atomic E-state index is 12.1. The molecule has 2 aromatic carbocycles. The highest BCUT2D eigenvalue weighted by molar-refractivity contribution is 5.96. The van der Waals surface area contributed by atoms with Crippen LogP contribution in [0.3, 0.4) is 0 Å². The normalized spacial score (nSPS) is 11.5. The SMILES string of the molecule is O=C(CNC(=O)C=Cc1ccco1)N=Nc1c(O)n(Cc2ccccc2)c2ccccc12. The lowest BCUT2D eigenvalue weighted by molar-refractivity contribution is -0.122. The highest BCUT2D eigenvalue weighted by Gasteiger charge is 2.17. The fourth-order valence-corrected chi connectivity index (χ4v) is 3.20. The minimum atomic E-state index is -0.649. The minimum absolute atomic E-state index is 0.0861. The first kappa shape index (κ1) is 20.8. The second kappa shape index (κ2) is 9.57. The lowest BCUT2D eigenvalue weighted by Gasteiger charge is -2.06. The summed E-state index contributed by atoms with van der Waals surface area (Å²) in [6.07, 6.45) is 4.24. The molecule has 0 fully saturated rings. The van der Waals surface area contributed by atoms with Crippen molar-refractivity contribution >= 4 is 34.5 Å². The van der Waals surface area contributed by atoms with E-state index in [9.17, 15) is 14.7 Å². The predicted molar refractivity (Wildman–Crippen MR) is 119 cm³/mol. The molecule has 8 nitrogen and oxygen atoms in total. The third kappa shape index (κ3) is 4.81. The van der Waals surface area contributed by atoms with E-state index in [1.165, 1.54) is 18.4 Å². The number of para-hydroxylation sites is 1. The summed E-state index contributed by atoms with van der Waals surface area (Å²) in [5, 5.41) is 21.5. The van der Waals surface area contributed by atoms with Crippen LogP contribution in [0.1, 0.15) is 11.3 Å². The number of fused-ring (bicyclic) bond motifs is 1. The van der Waals surface area contributed by atoms with Crippen LogP contribution in [-0.4, -0.2) is 28.0 Å². The zero-order chi connectivity index (χ0) is 22.3. The molecule has 2 aromatic heterocycles. The van der Waals surface area contributed by atoms with Gasteiger partial charge < -0.3 is 19.4 Å². The molecule has 0 aliphatic rings. The van der Waals surface area contributed by atoms with Crippen molar-refractivity contribution in [1.29, 1.82) is 0 Å². The van der Waals surface area contributed by atoms with Gasteiger partial charge in [0.15, 0.2) is 5.69 Å². The van der Waals surface area contributed by atoms with Crippen molar-refractivity contribution in [2.45, 2.75) is 6.54 Å². The smallest absolute Gasteiger partial charge is 0.283 e. The molecule has 0 saturated heterocycles. The molecule has 0 aliphatic heterocycles. The highest BCUT2D eigenvalue weighted by atomic mass is 16.3. The first-order valence-electron chi connectivity index (χ1n) is 9.90.